The molecule has 1 heterocycles. The first kappa shape index (κ1) is 19.8. The zero-order valence-corrected chi connectivity index (χ0v) is 16.5. The maximum Gasteiger partial charge on any atom is 0.250 e. The van der Waals surface area contributed by atoms with Gasteiger partial charge < -0.3 is 10.1 Å². The van der Waals surface area contributed by atoms with Gasteiger partial charge in [-0.3, -0.25) is 4.79 Å². The van der Waals surface area contributed by atoms with Crippen molar-refractivity contribution in [3.05, 3.63) is 69.8 Å². The van der Waals surface area contributed by atoms with Gasteiger partial charge in [0.25, 0.3) is 5.91 Å². The molecule has 0 saturated heterocycles. The molecule has 0 bridgehead atoms. The van der Waals surface area contributed by atoms with E-state index in [1.54, 1.807) is 0 Å². The minimum absolute atomic E-state index is 0.0700. The molecule has 0 aromatic heterocycles. The van der Waals surface area contributed by atoms with Gasteiger partial charge in [-0.15, -0.1) is 0 Å². The molecule has 138 valence electrons. The predicted molar refractivity (Wildman–Crippen MR) is 108 cm³/mol. The summed E-state index contributed by atoms with van der Waals surface area (Å²) in [5.74, 6) is 0.812. The maximum atomic E-state index is 12.4. The van der Waals surface area contributed by atoms with Crippen molar-refractivity contribution in [2.45, 2.75) is 47.6 Å². The lowest BCUT2D eigenvalue weighted by atomic mass is 10.0. The Kier molecular flexibility index (Phi) is 7.02. The Labute approximate surface area is 157 Å². The van der Waals surface area contributed by atoms with Crippen LogP contribution in [0, 0.1) is 13.8 Å². The van der Waals surface area contributed by atoms with Gasteiger partial charge in [0.15, 0.2) is 0 Å². The van der Waals surface area contributed by atoms with Crippen molar-refractivity contribution < 1.29 is 9.53 Å². The van der Waals surface area contributed by atoms with Gasteiger partial charge in [-0.05, 0) is 49.1 Å². The number of fused-ring (bicyclic) bond motifs is 1. The monoisotopic (exact) mass is 351 g/mol. The number of hydrogen-bond acceptors (Lipinski definition) is 2. The average Bonchev–Trinajstić information content (AvgIpc) is 2.67. The first-order valence-corrected chi connectivity index (χ1v) is 9.37. The fourth-order valence-electron chi connectivity index (χ4n) is 2.99. The molecule has 0 aliphatic carbocycles. The lowest BCUT2D eigenvalue weighted by molar-refractivity contribution is -0.117. The molecule has 3 heteroatoms. The minimum atomic E-state index is -0.0700. The van der Waals surface area contributed by atoms with Gasteiger partial charge in [0, 0.05) is 12.1 Å². The number of hydrogen-bond donors (Lipinski definition) is 1. The van der Waals surface area contributed by atoms with Crippen LogP contribution in [-0.2, 0) is 17.8 Å². The van der Waals surface area contributed by atoms with E-state index in [2.05, 4.69) is 55.6 Å². The fourth-order valence-corrected chi connectivity index (χ4v) is 2.99. The van der Waals surface area contributed by atoms with E-state index in [4.69, 9.17) is 4.74 Å². The average molecular weight is 351 g/mol. The molecule has 26 heavy (non-hydrogen) atoms. The van der Waals surface area contributed by atoms with Crippen LogP contribution in [0.3, 0.4) is 0 Å². The summed E-state index contributed by atoms with van der Waals surface area (Å²) in [6, 6.07) is 12.5. The number of aryl methyl sites for hydroxylation is 3. The third kappa shape index (κ3) is 4.75. The van der Waals surface area contributed by atoms with Crippen LogP contribution in [0.4, 0.5) is 0 Å². The highest BCUT2D eigenvalue weighted by molar-refractivity contribution is 5.99. The van der Waals surface area contributed by atoms with Crippen molar-refractivity contribution in [1.29, 1.82) is 0 Å². The Morgan fingerprint density at radius 2 is 1.73 bits per heavy atom. The Bertz CT molecular complexity index is 789. The summed E-state index contributed by atoms with van der Waals surface area (Å²) in [6.45, 7) is 11.1. The van der Waals surface area contributed by atoms with Crippen LogP contribution in [0.1, 0.15) is 48.6 Å². The van der Waals surface area contributed by atoms with Gasteiger partial charge in [0.2, 0.25) is 0 Å². The summed E-state index contributed by atoms with van der Waals surface area (Å²) in [5.41, 5.74) is 6.33. The topological polar surface area (TPSA) is 38.3 Å². The molecule has 3 nitrogen and oxygen atoms in total. The van der Waals surface area contributed by atoms with Crippen molar-refractivity contribution in [2.24, 2.45) is 0 Å². The quantitative estimate of drug-likeness (QED) is 0.843. The molecular weight excluding hydrogens is 322 g/mol. The third-order valence-corrected chi connectivity index (χ3v) is 4.33. The highest BCUT2D eigenvalue weighted by atomic mass is 16.5. The predicted octanol–water partition coefficient (Wildman–Crippen LogP) is 4.98. The van der Waals surface area contributed by atoms with Crippen molar-refractivity contribution in [3.63, 3.8) is 0 Å². The first-order chi connectivity index (χ1) is 12.6. The second-order valence-electron chi connectivity index (χ2n) is 6.31. The molecule has 1 aliphatic rings. The molecule has 0 radical (unpaired) electrons. The molecule has 0 atom stereocenters. The van der Waals surface area contributed by atoms with E-state index in [-0.39, 0.29) is 5.91 Å². The number of benzene rings is 2. The number of carbonyl (C=O) groups is 1. The van der Waals surface area contributed by atoms with E-state index >= 15 is 0 Å². The highest BCUT2D eigenvalue weighted by Crippen LogP contribution is 2.31. The Morgan fingerprint density at radius 3 is 2.38 bits per heavy atom. The van der Waals surface area contributed by atoms with Crippen LogP contribution in [-0.4, -0.2) is 12.5 Å². The molecule has 0 saturated carbocycles. The summed E-state index contributed by atoms with van der Waals surface area (Å²) < 4.78 is 5.80. The second-order valence-corrected chi connectivity index (χ2v) is 6.31. The molecular formula is C23H29NO2. The second kappa shape index (κ2) is 9.23. The van der Waals surface area contributed by atoms with Crippen molar-refractivity contribution in [1.82, 2.24) is 5.32 Å². The summed E-state index contributed by atoms with van der Waals surface area (Å²) in [5, 5.41) is 2.98. The maximum absolute atomic E-state index is 12.4. The van der Waals surface area contributed by atoms with E-state index < -0.39 is 0 Å². The lowest BCUT2D eigenvalue weighted by Gasteiger charge is -2.20. The Hall–Kier alpha value is -2.55. The van der Waals surface area contributed by atoms with Gasteiger partial charge >= 0.3 is 0 Å². The zero-order valence-electron chi connectivity index (χ0n) is 16.5. The van der Waals surface area contributed by atoms with E-state index in [0.717, 1.165) is 28.9 Å². The van der Waals surface area contributed by atoms with Crippen LogP contribution >= 0.6 is 0 Å². The Balaban J connectivity index is 0.00000117. The summed E-state index contributed by atoms with van der Waals surface area (Å²) >= 11 is 0. The molecule has 1 aliphatic heterocycles. The molecule has 3 rings (SSSR count). The molecule has 1 amide bonds. The smallest absolute Gasteiger partial charge is 0.250 e. The number of carbonyl (C=O) groups excluding carboxylic acids is 1. The Morgan fingerprint density at radius 1 is 1.08 bits per heavy atom. The normalized spacial score (nSPS) is 12.1. The highest BCUT2D eigenvalue weighted by Gasteiger charge is 2.18. The summed E-state index contributed by atoms with van der Waals surface area (Å²) in [6.07, 6.45) is 2.96. The third-order valence-electron chi connectivity index (χ3n) is 4.33. The number of nitrogens with one attached hydrogen (secondary N) is 1. The van der Waals surface area contributed by atoms with Gasteiger partial charge in [-0.1, -0.05) is 56.7 Å². The van der Waals surface area contributed by atoms with Crippen LogP contribution < -0.4 is 10.1 Å². The van der Waals surface area contributed by atoms with Crippen LogP contribution in [0.25, 0.3) is 6.08 Å². The van der Waals surface area contributed by atoms with Crippen molar-refractivity contribution in [3.8, 4) is 5.75 Å². The van der Waals surface area contributed by atoms with Crippen LogP contribution in [0.5, 0.6) is 5.75 Å². The van der Waals surface area contributed by atoms with Crippen LogP contribution in [0.2, 0.25) is 0 Å². The van der Waals surface area contributed by atoms with Crippen molar-refractivity contribution >= 4 is 12.0 Å². The standard InChI is InChI=1S/C21H23NO2.C2H6/c1-4-16-5-7-17(8-6-16)12-22-21(23)19-11-18-10-14(2)9-15(3)20(18)24-13-19;1-2/h5-11H,4,12-13H2,1-3H3,(H,22,23);1-2H3. The summed E-state index contributed by atoms with van der Waals surface area (Å²) in [4.78, 5) is 12.4. The zero-order chi connectivity index (χ0) is 19.1. The van der Waals surface area contributed by atoms with E-state index in [1.165, 1.54) is 11.1 Å². The van der Waals surface area contributed by atoms with Crippen molar-refractivity contribution in [2.75, 3.05) is 6.61 Å². The van der Waals surface area contributed by atoms with Gasteiger partial charge in [-0.25, -0.2) is 0 Å². The van der Waals surface area contributed by atoms with E-state index in [0.29, 0.717) is 18.7 Å². The number of ether oxygens (including phenoxy) is 1. The molecule has 0 fully saturated rings. The largest absolute Gasteiger partial charge is 0.488 e. The van der Waals surface area contributed by atoms with Gasteiger partial charge in [-0.2, -0.15) is 0 Å². The summed E-state index contributed by atoms with van der Waals surface area (Å²) in [7, 11) is 0. The fraction of sp³-hybridized carbons (Fsp3) is 0.348. The van der Waals surface area contributed by atoms with E-state index in [1.807, 2.05) is 26.8 Å². The van der Waals surface area contributed by atoms with Gasteiger partial charge in [0.05, 0.1) is 5.57 Å². The SMILES string of the molecule is CC.CCc1ccc(CNC(=O)C2=Cc3cc(C)cc(C)c3OC2)cc1. The minimum Gasteiger partial charge on any atom is -0.488 e. The first-order valence-electron chi connectivity index (χ1n) is 9.37. The molecule has 0 spiro atoms. The van der Waals surface area contributed by atoms with E-state index in [9.17, 15) is 4.79 Å². The lowest BCUT2D eigenvalue weighted by Crippen LogP contribution is -2.28. The molecule has 1 N–H and O–H groups in total. The van der Waals surface area contributed by atoms with Gasteiger partial charge in [0.1, 0.15) is 12.4 Å². The molecule has 0 unspecified atom stereocenters. The van der Waals surface area contributed by atoms with Crippen LogP contribution in [0.15, 0.2) is 42.0 Å². The molecule has 2 aromatic carbocycles. The number of rotatable bonds is 4. The number of amides is 1. The molecule has 2 aromatic rings.